The van der Waals surface area contributed by atoms with E-state index in [1.807, 2.05) is 18.7 Å². The Bertz CT molecular complexity index is 563. The van der Waals surface area contributed by atoms with Crippen LogP contribution in [0.2, 0.25) is 0 Å². The summed E-state index contributed by atoms with van der Waals surface area (Å²) in [7, 11) is 2.14. The second kappa shape index (κ2) is 7.38. The normalized spacial score (nSPS) is 22.0. The molecule has 0 aromatic carbocycles. The average molecular weight is 331 g/mol. The second-order valence-corrected chi connectivity index (χ2v) is 7.19. The third-order valence-corrected chi connectivity index (χ3v) is 5.03. The van der Waals surface area contributed by atoms with E-state index in [0.29, 0.717) is 5.92 Å². The molecule has 2 aliphatic rings. The standard InChI is InChI=1S/C18H29N5O/c1-14-10-17(11-15(2)20-14)22-6-8-23(9-7-22)18(24)19-12-16-4-5-21(3)13-16/h10-11,16H,4-9,12-13H2,1-3H3,(H,19,24). The van der Waals surface area contributed by atoms with E-state index in [2.05, 4.69) is 39.3 Å². The van der Waals surface area contributed by atoms with Gasteiger partial charge in [0.25, 0.3) is 0 Å². The summed E-state index contributed by atoms with van der Waals surface area (Å²) in [5, 5.41) is 3.12. The lowest BCUT2D eigenvalue weighted by atomic mass is 10.1. The van der Waals surface area contributed by atoms with E-state index in [9.17, 15) is 4.79 Å². The Hall–Kier alpha value is -1.82. The molecule has 0 saturated carbocycles. The number of hydrogen-bond donors (Lipinski definition) is 1. The van der Waals surface area contributed by atoms with Gasteiger partial charge in [-0.05, 0) is 51.9 Å². The number of aryl methyl sites for hydroxylation is 2. The van der Waals surface area contributed by atoms with Gasteiger partial charge >= 0.3 is 6.03 Å². The molecule has 2 fully saturated rings. The van der Waals surface area contributed by atoms with Crippen LogP contribution in [0.1, 0.15) is 17.8 Å². The predicted octanol–water partition coefficient (Wildman–Crippen LogP) is 1.48. The summed E-state index contributed by atoms with van der Waals surface area (Å²) < 4.78 is 0. The molecule has 2 saturated heterocycles. The van der Waals surface area contributed by atoms with Crippen LogP contribution in [0.25, 0.3) is 0 Å². The first-order valence-electron chi connectivity index (χ1n) is 8.93. The summed E-state index contributed by atoms with van der Waals surface area (Å²) in [6, 6.07) is 4.34. The Morgan fingerprint density at radius 1 is 1.17 bits per heavy atom. The molecule has 2 amide bonds. The van der Waals surface area contributed by atoms with Crippen LogP contribution in [-0.4, -0.2) is 73.7 Å². The average Bonchev–Trinajstić information content (AvgIpc) is 2.97. The van der Waals surface area contributed by atoms with E-state index >= 15 is 0 Å². The first-order chi connectivity index (χ1) is 11.5. The van der Waals surface area contributed by atoms with Gasteiger partial charge in [-0.1, -0.05) is 0 Å². The quantitative estimate of drug-likeness (QED) is 0.912. The number of nitrogens with one attached hydrogen (secondary N) is 1. The van der Waals surface area contributed by atoms with E-state index in [1.165, 1.54) is 12.1 Å². The number of anilines is 1. The fraction of sp³-hybridized carbons (Fsp3) is 0.667. The van der Waals surface area contributed by atoms with Crippen molar-refractivity contribution in [3.63, 3.8) is 0 Å². The molecular formula is C18H29N5O. The summed E-state index contributed by atoms with van der Waals surface area (Å²) in [5.41, 5.74) is 3.31. The van der Waals surface area contributed by atoms with Crippen LogP contribution in [0.15, 0.2) is 12.1 Å². The van der Waals surface area contributed by atoms with Crippen LogP contribution in [0.5, 0.6) is 0 Å². The third-order valence-electron chi connectivity index (χ3n) is 5.03. The highest BCUT2D eigenvalue weighted by Crippen LogP contribution is 2.18. The lowest BCUT2D eigenvalue weighted by molar-refractivity contribution is 0.192. The van der Waals surface area contributed by atoms with Crippen LogP contribution >= 0.6 is 0 Å². The predicted molar refractivity (Wildman–Crippen MR) is 96.5 cm³/mol. The van der Waals surface area contributed by atoms with Crippen LogP contribution in [-0.2, 0) is 0 Å². The van der Waals surface area contributed by atoms with Crippen molar-refractivity contribution in [1.82, 2.24) is 20.1 Å². The van der Waals surface area contributed by atoms with Gasteiger partial charge in [-0.15, -0.1) is 0 Å². The van der Waals surface area contributed by atoms with Crippen molar-refractivity contribution in [1.29, 1.82) is 0 Å². The number of urea groups is 1. The number of nitrogens with zero attached hydrogens (tertiary/aromatic N) is 4. The van der Waals surface area contributed by atoms with E-state index in [1.54, 1.807) is 0 Å². The molecule has 0 aliphatic carbocycles. The van der Waals surface area contributed by atoms with Crippen molar-refractivity contribution < 1.29 is 4.79 Å². The number of piperazine rings is 1. The van der Waals surface area contributed by atoms with Crippen molar-refractivity contribution in [2.45, 2.75) is 20.3 Å². The highest BCUT2D eigenvalue weighted by Gasteiger charge is 2.24. The molecule has 2 aliphatic heterocycles. The SMILES string of the molecule is Cc1cc(N2CCN(C(=O)NCC3CCN(C)C3)CC2)cc(C)n1. The van der Waals surface area contributed by atoms with Gasteiger partial charge in [0.05, 0.1) is 0 Å². The Kier molecular flexibility index (Phi) is 5.23. The minimum Gasteiger partial charge on any atom is -0.368 e. The third kappa shape index (κ3) is 4.17. The van der Waals surface area contributed by atoms with Crippen LogP contribution < -0.4 is 10.2 Å². The zero-order valence-corrected chi connectivity index (χ0v) is 15.1. The van der Waals surface area contributed by atoms with E-state index in [-0.39, 0.29) is 6.03 Å². The molecule has 6 heteroatoms. The number of hydrogen-bond acceptors (Lipinski definition) is 4. The van der Waals surface area contributed by atoms with E-state index in [4.69, 9.17) is 0 Å². The van der Waals surface area contributed by atoms with E-state index < -0.39 is 0 Å². The van der Waals surface area contributed by atoms with Gasteiger partial charge in [0.1, 0.15) is 0 Å². The number of carbonyl (C=O) groups excluding carboxylic acids is 1. The molecule has 0 spiro atoms. The molecule has 1 N–H and O–H groups in total. The van der Waals surface area contributed by atoms with Gasteiger partial charge in [0.15, 0.2) is 0 Å². The number of aromatic nitrogens is 1. The van der Waals surface area contributed by atoms with Crippen LogP contribution in [0.3, 0.4) is 0 Å². The van der Waals surface area contributed by atoms with Gasteiger partial charge in [0, 0.05) is 56.3 Å². The maximum Gasteiger partial charge on any atom is 0.317 e. The Morgan fingerprint density at radius 2 is 1.83 bits per heavy atom. The monoisotopic (exact) mass is 331 g/mol. The van der Waals surface area contributed by atoms with Crippen molar-refractivity contribution in [3.8, 4) is 0 Å². The van der Waals surface area contributed by atoms with Crippen molar-refractivity contribution in [2.24, 2.45) is 5.92 Å². The fourth-order valence-corrected chi connectivity index (χ4v) is 3.70. The summed E-state index contributed by atoms with van der Waals surface area (Å²) >= 11 is 0. The molecule has 6 nitrogen and oxygen atoms in total. The molecular weight excluding hydrogens is 302 g/mol. The molecule has 1 aromatic rings. The number of carbonyl (C=O) groups is 1. The summed E-state index contributed by atoms with van der Waals surface area (Å²) in [4.78, 5) is 23.4. The summed E-state index contributed by atoms with van der Waals surface area (Å²) in [5.74, 6) is 0.600. The number of pyridine rings is 1. The minimum absolute atomic E-state index is 0.0892. The molecule has 0 radical (unpaired) electrons. The molecule has 24 heavy (non-hydrogen) atoms. The Labute approximate surface area is 144 Å². The van der Waals surface area contributed by atoms with Crippen molar-refractivity contribution in [2.75, 3.05) is 57.8 Å². The van der Waals surface area contributed by atoms with Crippen molar-refractivity contribution >= 4 is 11.7 Å². The van der Waals surface area contributed by atoms with E-state index in [0.717, 1.165) is 57.2 Å². The molecule has 1 atom stereocenters. The van der Waals surface area contributed by atoms with Gasteiger partial charge in [-0.3, -0.25) is 4.98 Å². The highest BCUT2D eigenvalue weighted by molar-refractivity contribution is 5.74. The molecule has 1 unspecified atom stereocenters. The maximum atomic E-state index is 12.4. The molecule has 3 rings (SSSR count). The van der Waals surface area contributed by atoms with Crippen molar-refractivity contribution in [3.05, 3.63) is 23.5 Å². The van der Waals surface area contributed by atoms with Crippen LogP contribution in [0, 0.1) is 19.8 Å². The molecule has 1 aromatic heterocycles. The highest BCUT2D eigenvalue weighted by atomic mass is 16.2. The van der Waals surface area contributed by atoms with Gasteiger partial charge in [-0.25, -0.2) is 4.79 Å². The van der Waals surface area contributed by atoms with Gasteiger partial charge < -0.3 is 20.0 Å². The lowest BCUT2D eigenvalue weighted by Gasteiger charge is -2.36. The number of likely N-dealkylation sites (tertiary alicyclic amines) is 1. The van der Waals surface area contributed by atoms with Crippen LogP contribution in [0.4, 0.5) is 10.5 Å². The number of amides is 2. The smallest absolute Gasteiger partial charge is 0.317 e. The summed E-state index contributed by atoms with van der Waals surface area (Å²) in [6.07, 6.45) is 1.19. The minimum atomic E-state index is 0.0892. The zero-order valence-electron chi connectivity index (χ0n) is 15.1. The topological polar surface area (TPSA) is 51.7 Å². The Morgan fingerprint density at radius 3 is 2.42 bits per heavy atom. The molecule has 0 bridgehead atoms. The zero-order chi connectivity index (χ0) is 17.1. The fourth-order valence-electron chi connectivity index (χ4n) is 3.70. The first kappa shape index (κ1) is 17.0. The van der Waals surface area contributed by atoms with Gasteiger partial charge in [-0.2, -0.15) is 0 Å². The number of rotatable bonds is 3. The molecule has 3 heterocycles. The first-order valence-corrected chi connectivity index (χ1v) is 8.93. The molecule has 132 valence electrons. The largest absolute Gasteiger partial charge is 0.368 e. The van der Waals surface area contributed by atoms with Gasteiger partial charge in [0.2, 0.25) is 0 Å². The lowest BCUT2D eigenvalue weighted by Crippen LogP contribution is -2.52. The second-order valence-electron chi connectivity index (χ2n) is 7.19. The maximum absolute atomic E-state index is 12.4. The Balaban J connectivity index is 1.46. The summed E-state index contributed by atoms with van der Waals surface area (Å²) in [6.45, 7) is 10.4.